The summed E-state index contributed by atoms with van der Waals surface area (Å²) in [4.78, 5) is 246. The summed E-state index contributed by atoms with van der Waals surface area (Å²) in [5.41, 5.74) is -29.7. The molecule has 4 rings (SSSR count). The van der Waals surface area contributed by atoms with Gasteiger partial charge in [-0.25, -0.2) is 0 Å². The van der Waals surface area contributed by atoms with Crippen molar-refractivity contribution in [1.29, 1.82) is 0 Å². The predicted molar refractivity (Wildman–Crippen MR) is 502 cm³/mol. The van der Waals surface area contributed by atoms with Crippen LogP contribution >= 0.6 is 0 Å². The van der Waals surface area contributed by atoms with Gasteiger partial charge in [0, 0.05) is 99.2 Å². The number of carbonyl (C=O) groups is 16. The number of amides is 4. The summed E-state index contributed by atoms with van der Waals surface area (Å²) in [5.74, 6) is -13.1. The summed E-state index contributed by atoms with van der Waals surface area (Å²) in [6.45, 7) is 59.3. The molecule has 0 atom stereocenters. The molecule has 32 nitrogen and oxygen atoms in total. The lowest BCUT2D eigenvalue weighted by Crippen LogP contribution is -2.74. The zero-order chi connectivity index (χ0) is 104. The van der Waals surface area contributed by atoms with E-state index >= 15 is 19.2 Å². The molecule has 0 heterocycles. The van der Waals surface area contributed by atoms with Gasteiger partial charge in [-0.2, -0.15) is 0 Å². The molecule has 32 heteroatoms. The molecule has 768 valence electrons. The summed E-state index contributed by atoms with van der Waals surface area (Å²) in [7, 11) is 0. The number of carbonyl (C=O) groups excluding carboxylic acids is 16. The Hall–Kier alpha value is -8.48. The molecule has 0 spiro atoms. The van der Waals surface area contributed by atoms with E-state index in [-0.39, 0.29) is 77.0 Å². The highest BCUT2D eigenvalue weighted by Crippen LogP contribution is 2.75. The number of ether oxygens (including phenoxy) is 12. The first-order valence-electron chi connectivity index (χ1n) is 47.9. The minimum absolute atomic E-state index is 0.376. The SMILES string of the molecule is CC(C)(C)OC(=O)CCC(CCC(=O)OC(C)(C)C)(CCC(=O)OC(C)(C)C)NC(=O)C12CC3(C(=O)NC(CCC(=O)OC(C)(C)C)(CCC(=O)OC(C)(C)C)CCC(=O)OC(C)(C)C)CC(C(=O)NC(CCC(=O)OC(C)(C)C)(CCC(=O)OC(C)(C)C)CCC(=O)OC(C)(C)C)(C1)CC(C(=O)NC(CCC(=O)OC(C)(C)C)(CCC(=O)OC(C)(C)C)CCC(=O)OC(C)(C)C)(C2)C3. The maximum atomic E-state index is 18.0. The second-order valence-corrected chi connectivity index (χ2v) is 50.2. The number of nitrogens with one attached hydrogen (secondary N) is 4. The van der Waals surface area contributed by atoms with Crippen molar-refractivity contribution in [3.8, 4) is 0 Å². The highest BCUT2D eigenvalue weighted by Gasteiger charge is 2.77. The molecule has 0 aliphatic heterocycles. The molecule has 0 aromatic rings. The van der Waals surface area contributed by atoms with Gasteiger partial charge in [0.05, 0.1) is 21.7 Å². The molecule has 0 aromatic carbocycles. The Morgan fingerprint density at radius 3 is 0.299 bits per heavy atom. The second-order valence-electron chi connectivity index (χ2n) is 50.2. The Bertz CT molecular complexity index is 3270. The molecule has 4 aliphatic carbocycles. The van der Waals surface area contributed by atoms with E-state index in [0.29, 0.717) is 0 Å². The number of esters is 12. The minimum atomic E-state index is -2.29. The van der Waals surface area contributed by atoms with E-state index in [4.69, 9.17) is 56.8 Å². The lowest BCUT2D eigenvalue weighted by molar-refractivity contribution is -0.211. The van der Waals surface area contributed by atoms with E-state index in [1.54, 1.807) is 249 Å². The average Bonchev–Trinajstić information content (AvgIpc) is 0.666. The lowest BCUT2D eigenvalue weighted by atomic mass is 9.34. The van der Waals surface area contributed by atoms with E-state index in [2.05, 4.69) is 21.3 Å². The fraction of sp³-hybridized carbons (Fsp3) is 0.843. The summed E-state index contributed by atoms with van der Waals surface area (Å²) < 4.78 is 71.1. The molecule has 0 aromatic heterocycles. The third-order valence-corrected chi connectivity index (χ3v) is 22.2. The van der Waals surface area contributed by atoms with Crippen molar-refractivity contribution in [1.82, 2.24) is 21.3 Å². The average molecular weight is 1900 g/mol. The lowest BCUT2D eigenvalue weighted by Gasteiger charge is -2.68. The molecule has 0 saturated heterocycles. The monoisotopic (exact) mass is 1900 g/mol. The Morgan fingerprint density at radius 2 is 0.231 bits per heavy atom. The predicted octanol–water partition coefficient (Wildman–Crippen LogP) is 17.2. The highest BCUT2D eigenvalue weighted by molar-refractivity contribution is 5.98. The van der Waals surface area contributed by atoms with Crippen molar-refractivity contribution < 1.29 is 134 Å². The summed E-state index contributed by atoms with van der Waals surface area (Å²) in [5, 5.41) is 13.2. The molecule has 0 unspecified atom stereocenters. The minimum Gasteiger partial charge on any atom is -0.460 e. The molecule has 134 heavy (non-hydrogen) atoms. The van der Waals surface area contributed by atoms with Crippen LogP contribution in [-0.4, -0.2) is 185 Å². The number of hydrogen-bond acceptors (Lipinski definition) is 28. The van der Waals surface area contributed by atoms with Crippen LogP contribution in [-0.2, 0) is 134 Å². The van der Waals surface area contributed by atoms with Crippen LogP contribution in [0.15, 0.2) is 0 Å². The van der Waals surface area contributed by atoms with Crippen LogP contribution < -0.4 is 21.3 Å². The Morgan fingerprint density at radius 1 is 0.157 bits per heavy atom. The normalized spacial score (nSPS) is 18.8. The zero-order valence-electron chi connectivity index (χ0n) is 88.6. The van der Waals surface area contributed by atoms with Crippen molar-refractivity contribution in [2.45, 2.75) is 531 Å². The van der Waals surface area contributed by atoms with Crippen molar-refractivity contribution in [2.24, 2.45) is 21.7 Å². The third-order valence-electron chi connectivity index (χ3n) is 22.2. The van der Waals surface area contributed by atoms with E-state index in [9.17, 15) is 57.5 Å². The molecular formula is C102H172N4O28. The number of rotatable bonds is 44. The Labute approximate surface area is 799 Å². The van der Waals surface area contributed by atoms with Crippen LogP contribution in [0.4, 0.5) is 0 Å². The first-order chi connectivity index (χ1) is 60.0. The van der Waals surface area contributed by atoms with Crippen molar-refractivity contribution in [3.05, 3.63) is 0 Å². The first kappa shape index (κ1) is 120. The first-order valence-corrected chi connectivity index (χ1v) is 47.9. The van der Waals surface area contributed by atoms with Gasteiger partial charge in [0.15, 0.2) is 0 Å². The molecule has 0 radical (unpaired) electrons. The summed E-state index contributed by atoms with van der Waals surface area (Å²) >= 11 is 0. The van der Waals surface area contributed by atoms with Crippen LogP contribution in [0.2, 0.25) is 0 Å². The fourth-order valence-electron chi connectivity index (χ4n) is 18.2. The van der Waals surface area contributed by atoms with Gasteiger partial charge in [0.2, 0.25) is 23.6 Å². The van der Waals surface area contributed by atoms with Gasteiger partial charge in [0.1, 0.15) is 67.2 Å². The van der Waals surface area contributed by atoms with Gasteiger partial charge in [-0.05, 0) is 365 Å². The second kappa shape index (κ2) is 45.0. The fourth-order valence-corrected chi connectivity index (χ4v) is 18.2. The van der Waals surface area contributed by atoms with Crippen molar-refractivity contribution in [3.63, 3.8) is 0 Å². The van der Waals surface area contributed by atoms with Crippen LogP contribution in [0.25, 0.3) is 0 Å². The molecule has 4 fully saturated rings. The number of hydrogen-bond donors (Lipinski definition) is 4. The summed E-state index contributed by atoms with van der Waals surface area (Å²) in [6.07, 6.45) is -13.8. The van der Waals surface area contributed by atoms with E-state index in [1.807, 2.05) is 0 Å². The van der Waals surface area contributed by atoms with Crippen LogP contribution in [0, 0.1) is 21.7 Å². The van der Waals surface area contributed by atoms with Gasteiger partial charge in [-0.1, -0.05) is 0 Å². The van der Waals surface area contributed by atoms with Gasteiger partial charge in [-0.15, -0.1) is 0 Å². The quantitative estimate of drug-likeness (QED) is 0.0325. The van der Waals surface area contributed by atoms with Gasteiger partial charge < -0.3 is 78.1 Å². The van der Waals surface area contributed by atoms with Gasteiger partial charge in [-0.3, -0.25) is 76.7 Å². The maximum absolute atomic E-state index is 18.0. The maximum Gasteiger partial charge on any atom is 0.306 e. The smallest absolute Gasteiger partial charge is 0.306 e. The van der Waals surface area contributed by atoms with E-state index in [1.165, 1.54) is 0 Å². The standard InChI is InChI=1S/C102H172N4O28/c1-83(2,3)123-67(107)37-49-99(50-38-68(108)124-84(4,5)6,51-39-69(109)125-85(7,8)9)103-79(119)95-61-96(80(120)104-100(52-40-70(110)126-86(10,11)12,53-41-71(111)127-87(13,14)15)54-42-72(112)128-88(16,17)18)64-97(62-95,81(121)105-101(55-43-73(113)129-89(19,20)21,56-44-74(114)130-90(22,23)24)57-45-75(115)131-91(25,26)27)66-98(63-95,65-96)82(122)106-102(58-46-76(116)132-92(28,29)30,59-47-77(117)133-93(31,32)33)60-48-78(118)134-94(34,35)36/h37-66H2,1-36H3,(H,103,119)(H,104,120)(H,105,121)(H,106,122). The molecular weight excluding hydrogens is 1730 g/mol. The molecule has 4 saturated carbocycles. The molecule has 4 aliphatic rings. The third kappa shape index (κ3) is 44.8. The van der Waals surface area contributed by atoms with Crippen molar-refractivity contribution >= 4 is 95.3 Å². The van der Waals surface area contributed by atoms with Crippen molar-refractivity contribution in [2.75, 3.05) is 0 Å². The van der Waals surface area contributed by atoms with E-state index in [0.717, 1.165) is 0 Å². The highest BCUT2D eigenvalue weighted by atomic mass is 16.6. The molecule has 4 N–H and O–H groups in total. The largest absolute Gasteiger partial charge is 0.460 e. The summed E-state index contributed by atoms with van der Waals surface area (Å²) in [6, 6.07) is 0. The van der Waals surface area contributed by atoms with Crippen LogP contribution in [0.1, 0.15) is 442 Å². The van der Waals surface area contributed by atoms with Gasteiger partial charge in [0.25, 0.3) is 0 Å². The zero-order valence-corrected chi connectivity index (χ0v) is 88.6. The van der Waals surface area contributed by atoms with Crippen LogP contribution in [0.3, 0.4) is 0 Å². The van der Waals surface area contributed by atoms with E-state index < -0.39 is 322 Å². The molecule has 4 bridgehead atoms. The molecule has 4 amide bonds. The topological polar surface area (TPSA) is 432 Å². The van der Waals surface area contributed by atoms with Crippen LogP contribution in [0.5, 0.6) is 0 Å². The Kier molecular flexibility index (Phi) is 40.2. The van der Waals surface area contributed by atoms with Gasteiger partial charge >= 0.3 is 71.6 Å². The Balaban J connectivity index is 3.15.